The maximum Gasteiger partial charge on any atom is 0.231 e. The molecule has 0 aliphatic carbocycles. The minimum absolute atomic E-state index is 0.00807. The van der Waals surface area contributed by atoms with E-state index in [1.165, 1.54) is 0 Å². The van der Waals surface area contributed by atoms with Crippen LogP contribution >= 0.6 is 0 Å². The van der Waals surface area contributed by atoms with Crippen LogP contribution in [0.25, 0.3) is 11.3 Å². The number of amides is 1. The number of nitrogens with one attached hydrogen (secondary N) is 1. The molecule has 1 atom stereocenters. The average molecular weight is 439 g/mol. The molecule has 2 N–H and O–H groups in total. The highest BCUT2D eigenvalue weighted by Gasteiger charge is 2.15. The molecule has 0 saturated heterocycles. The summed E-state index contributed by atoms with van der Waals surface area (Å²) in [5.74, 6) is 1.16. The van der Waals surface area contributed by atoms with Crippen LogP contribution in [0, 0.1) is 0 Å². The summed E-state index contributed by atoms with van der Waals surface area (Å²) in [4.78, 5) is 22.4. The lowest BCUT2D eigenvalue weighted by molar-refractivity contribution is -0.130. The molecule has 1 amide bonds. The van der Waals surface area contributed by atoms with Gasteiger partial charge >= 0.3 is 0 Å². The van der Waals surface area contributed by atoms with Crippen molar-refractivity contribution in [1.29, 1.82) is 0 Å². The van der Waals surface area contributed by atoms with E-state index < -0.39 is 6.10 Å². The fraction of sp³-hybridized carbons (Fsp3) is 0.375. The maximum absolute atomic E-state index is 12.2. The van der Waals surface area contributed by atoms with Gasteiger partial charge in [0.25, 0.3) is 0 Å². The number of hydrogen-bond donors (Lipinski definition) is 2. The first-order valence-corrected chi connectivity index (χ1v) is 10.8. The largest absolute Gasteiger partial charge is 0.492 e. The zero-order valence-electron chi connectivity index (χ0n) is 18.5. The maximum atomic E-state index is 12.2. The molecule has 0 unspecified atom stereocenters. The van der Waals surface area contributed by atoms with E-state index in [4.69, 9.17) is 9.15 Å². The predicted molar refractivity (Wildman–Crippen MR) is 121 cm³/mol. The SMILES string of the molecule is CCN(CC)C(=O)Cc1nc(-c2ccc(OCCNC[C@H](O)c3cccnc3)cc2)co1. The Hall–Kier alpha value is -3.23. The molecule has 8 nitrogen and oxygen atoms in total. The van der Waals surface area contributed by atoms with E-state index in [1.807, 2.05) is 44.2 Å². The van der Waals surface area contributed by atoms with Gasteiger partial charge in [-0.1, -0.05) is 6.07 Å². The third kappa shape index (κ3) is 6.63. The summed E-state index contributed by atoms with van der Waals surface area (Å²) in [6.07, 6.45) is 4.46. The molecule has 0 aliphatic rings. The molecular formula is C24H30N4O4. The number of nitrogens with zero attached hydrogens (tertiary/aromatic N) is 3. The first kappa shape index (κ1) is 23.4. The topological polar surface area (TPSA) is 101 Å². The molecule has 0 radical (unpaired) electrons. The Morgan fingerprint density at radius 2 is 2.00 bits per heavy atom. The van der Waals surface area contributed by atoms with Crippen molar-refractivity contribution in [1.82, 2.24) is 20.2 Å². The number of likely N-dealkylation sites (N-methyl/N-ethyl adjacent to an activating group) is 1. The summed E-state index contributed by atoms with van der Waals surface area (Å²) in [5.41, 5.74) is 2.36. The number of oxazole rings is 1. The summed E-state index contributed by atoms with van der Waals surface area (Å²) < 4.78 is 11.2. The molecule has 32 heavy (non-hydrogen) atoms. The number of aliphatic hydroxyl groups excluding tert-OH is 1. The minimum Gasteiger partial charge on any atom is -0.492 e. The average Bonchev–Trinajstić information content (AvgIpc) is 3.29. The third-order valence-electron chi connectivity index (χ3n) is 5.07. The molecule has 2 heterocycles. The highest BCUT2D eigenvalue weighted by molar-refractivity contribution is 5.78. The minimum atomic E-state index is -0.599. The van der Waals surface area contributed by atoms with Crippen LogP contribution in [0.5, 0.6) is 5.75 Å². The van der Waals surface area contributed by atoms with E-state index in [0.717, 1.165) is 16.9 Å². The fourth-order valence-corrected chi connectivity index (χ4v) is 3.23. The van der Waals surface area contributed by atoms with Crippen LogP contribution in [0.4, 0.5) is 0 Å². The number of carbonyl (C=O) groups is 1. The predicted octanol–water partition coefficient (Wildman–Crippen LogP) is 2.85. The highest BCUT2D eigenvalue weighted by Crippen LogP contribution is 2.22. The summed E-state index contributed by atoms with van der Waals surface area (Å²) in [6.45, 7) is 6.75. The third-order valence-corrected chi connectivity index (χ3v) is 5.07. The summed E-state index contributed by atoms with van der Waals surface area (Å²) in [6, 6.07) is 11.2. The van der Waals surface area contributed by atoms with Gasteiger partial charge < -0.3 is 24.5 Å². The Morgan fingerprint density at radius 3 is 2.69 bits per heavy atom. The van der Waals surface area contributed by atoms with Gasteiger partial charge in [-0.05, 0) is 44.2 Å². The van der Waals surface area contributed by atoms with Crippen LogP contribution in [0.15, 0.2) is 59.5 Å². The molecule has 0 spiro atoms. The van der Waals surface area contributed by atoms with Gasteiger partial charge in [0.1, 0.15) is 30.7 Å². The molecule has 0 bridgehead atoms. The lowest BCUT2D eigenvalue weighted by Crippen LogP contribution is -2.31. The molecule has 0 fully saturated rings. The van der Waals surface area contributed by atoms with Crippen LogP contribution in [0.3, 0.4) is 0 Å². The van der Waals surface area contributed by atoms with Crippen molar-refractivity contribution in [2.45, 2.75) is 26.4 Å². The number of hydrogen-bond acceptors (Lipinski definition) is 7. The summed E-state index contributed by atoms with van der Waals surface area (Å²) in [7, 11) is 0. The van der Waals surface area contributed by atoms with E-state index >= 15 is 0 Å². The Morgan fingerprint density at radius 1 is 1.22 bits per heavy atom. The smallest absolute Gasteiger partial charge is 0.231 e. The quantitative estimate of drug-likeness (QED) is 0.419. The normalized spacial score (nSPS) is 11.8. The Balaban J connectivity index is 1.42. The second kappa shape index (κ2) is 12.0. The van der Waals surface area contributed by atoms with Crippen molar-refractivity contribution < 1.29 is 19.1 Å². The van der Waals surface area contributed by atoms with Gasteiger partial charge in [0, 0.05) is 49.7 Å². The highest BCUT2D eigenvalue weighted by atomic mass is 16.5. The number of aliphatic hydroxyl groups is 1. The van der Waals surface area contributed by atoms with E-state index in [9.17, 15) is 9.90 Å². The van der Waals surface area contributed by atoms with Gasteiger partial charge in [-0.2, -0.15) is 0 Å². The van der Waals surface area contributed by atoms with Gasteiger partial charge in [-0.15, -0.1) is 0 Å². The summed E-state index contributed by atoms with van der Waals surface area (Å²) in [5, 5.41) is 13.3. The number of rotatable bonds is 12. The number of ether oxygens (including phenoxy) is 1. The zero-order valence-corrected chi connectivity index (χ0v) is 18.5. The van der Waals surface area contributed by atoms with E-state index in [2.05, 4.69) is 15.3 Å². The van der Waals surface area contributed by atoms with E-state index in [0.29, 0.717) is 44.4 Å². The van der Waals surface area contributed by atoms with Crippen molar-refractivity contribution in [3.63, 3.8) is 0 Å². The van der Waals surface area contributed by atoms with Crippen molar-refractivity contribution in [2.24, 2.45) is 0 Å². The van der Waals surface area contributed by atoms with Crippen molar-refractivity contribution in [2.75, 3.05) is 32.8 Å². The molecule has 1 aromatic carbocycles. The lowest BCUT2D eigenvalue weighted by atomic mass is 10.1. The first-order chi connectivity index (χ1) is 15.6. The monoisotopic (exact) mass is 438 g/mol. The molecule has 0 aliphatic heterocycles. The van der Waals surface area contributed by atoms with Crippen LogP contribution < -0.4 is 10.1 Å². The number of pyridine rings is 1. The lowest BCUT2D eigenvalue weighted by Gasteiger charge is -2.17. The van der Waals surface area contributed by atoms with Crippen molar-refractivity contribution in [3.05, 3.63) is 66.5 Å². The van der Waals surface area contributed by atoms with Gasteiger partial charge in [-0.3, -0.25) is 9.78 Å². The van der Waals surface area contributed by atoms with Crippen LogP contribution in [-0.4, -0.2) is 58.7 Å². The molecule has 2 aromatic heterocycles. The molecular weight excluding hydrogens is 408 g/mol. The first-order valence-electron chi connectivity index (χ1n) is 10.8. The van der Waals surface area contributed by atoms with Gasteiger partial charge in [-0.25, -0.2) is 4.98 Å². The number of benzene rings is 1. The fourth-order valence-electron chi connectivity index (χ4n) is 3.23. The second-order valence-corrected chi connectivity index (χ2v) is 7.25. The Kier molecular flexibility index (Phi) is 8.77. The van der Waals surface area contributed by atoms with Gasteiger partial charge in [0.2, 0.25) is 11.8 Å². The van der Waals surface area contributed by atoms with E-state index in [1.54, 1.807) is 29.6 Å². The van der Waals surface area contributed by atoms with Gasteiger partial charge in [0.15, 0.2) is 0 Å². The second-order valence-electron chi connectivity index (χ2n) is 7.25. The van der Waals surface area contributed by atoms with Crippen molar-refractivity contribution >= 4 is 5.91 Å². The van der Waals surface area contributed by atoms with Crippen LogP contribution in [0.2, 0.25) is 0 Å². The van der Waals surface area contributed by atoms with Crippen LogP contribution in [0.1, 0.15) is 31.4 Å². The molecule has 3 rings (SSSR count). The summed E-state index contributed by atoms with van der Waals surface area (Å²) >= 11 is 0. The standard InChI is InChI=1S/C24H30N4O4/c1-3-28(4-2)24(30)14-23-27-21(17-32-23)18-7-9-20(10-8-18)31-13-12-26-16-22(29)19-6-5-11-25-15-19/h5-11,15,17,22,26,29H,3-4,12-14,16H2,1-2H3/t22-/m0/s1. The van der Waals surface area contributed by atoms with Crippen LogP contribution in [-0.2, 0) is 11.2 Å². The molecule has 3 aromatic rings. The number of aromatic nitrogens is 2. The molecule has 0 saturated carbocycles. The Bertz CT molecular complexity index is 956. The van der Waals surface area contributed by atoms with Crippen molar-refractivity contribution in [3.8, 4) is 17.0 Å². The zero-order chi connectivity index (χ0) is 22.8. The van der Waals surface area contributed by atoms with E-state index in [-0.39, 0.29) is 12.3 Å². The van der Waals surface area contributed by atoms with Gasteiger partial charge in [0.05, 0.1) is 6.10 Å². The number of carbonyl (C=O) groups excluding carboxylic acids is 1. The molecule has 170 valence electrons. The Labute approximate surface area is 188 Å². The molecule has 8 heteroatoms.